The fourth-order valence-corrected chi connectivity index (χ4v) is 5.41. The minimum atomic E-state index is -2.65. The summed E-state index contributed by atoms with van der Waals surface area (Å²) in [4.78, 5) is 6.81. The number of hydrogen-bond acceptors (Lipinski definition) is 7. The van der Waals surface area contributed by atoms with E-state index in [4.69, 9.17) is 9.72 Å². The van der Waals surface area contributed by atoms with Crippen molar-refractivity contribution in [3.8, 4) is 22.8 Å². The molecule has 2 aliphatic rings. The fourth-order valence-electron chi connectivity index (χ4n) is 5.41. The normalized spacial score (nSPS) is 19.2. The second-order valence-corrected chi connectivity index (χ2v) is 9.81. The third-order valence-electron chi connectivity index (χ3n) is 7.27. The molecule has 4 aromatic rings. The molecule has 10 nitrogen and oxygen atoms in total. The van der Waals surface area contributed by atoms with E-state index in [0.29, 0.717) is 66.3 Å². The monoisotopic (exact) mass is 530 g/mol. The van der Waals surface area contributed by atoms with Crippen LogP contribution in [0, 0.1) is 5.82 Å². The number of aryl methyl sites for hydroxylation is 1. The van der Waals surface area contributed by atoms with Gasteiger partial charge in [-0.1, -0.05) is 0 Å². The summed E-state index contributed by atoms with van der Waals surface area (Å²) in [5, 5.41) is 23.2. The van der Waals surface area contributed by atoms with Crippen molar-refractivity contribution in [2.45, 2.75) is 57.4 Å². The lowest BCUT2D eigenvalue weighted by molar-refractivity contribution is -0.0384. The third kappa shape index (κ3) is 4.43. The molecule has 202 valence electrons. The number of rotatable bonds is 6. The number of alkyl halides is 2. The molecule has 1 unspecified atom stereocenters. The van der Waals surface area contributed by atoms with Crippen LogP contribution in [-0.2, 0) is 18.3 Å². The molecular formula is C25H29F3N8O2. The van der Waals surface area contributed by atoms with Gasteiger partial charge >= 0.3 is 0 Å². The number of aliphatic hydroxyl groups is 1. The summed E-state index contributed by atoms with van der Waals surface area (Å²) in [6.45, 7) is 1.00. The summed E-state index contributed by atoms with van der Waals surface area (Å²) >= 11 is 0. The Bertz CT molecular complexity index is 1410. The first kappa shape index (κ1) is 24.9. The zero-order valence-electron chi connectivity index (χ0n) is 21.0. The van der Waals surface area contributed by atoms with Crippen molar-refractivity contribution < 1.29 is 23.0 Å². The van der Waals surface area contributed by atoms with E-state index in [0.717, 1.165) is 25.5 Å². The Morgan fingerprint density at radius 2 is 1.97 bits per heavy atom. The Balaban J connectivity index is 1.60. The van der Waals surface area contributed by atoms with Crippen molar-refractivity contribution in [1.29, 1.82) is 0 Å². The van der Waals surface area contributed by atoms with Gasteiger partial charge in [0.2, 0.25) is 0 Å². The van der Waals surface area contributed by atoms with Gasteiger partial charge < -0.3 is 14.7 Å². The topological polar surface area (TPSA) is 99.1 Å². The molecule has 0 aromatic carbocycles. The summed E-state index contributed by atoms with van der Waals surface area (Å²) < 4.78 is 52.8. The van der Waals surface area contributed by atoms with Crippen LogP contribution in [0.2, 0.25) is 0 Å². The minimum absolute atomic E-state index is 0.182. The van der Waals surface area contributed by atoms with Crippen LogP contribution in [0.4, 0.5) is 18.9 Å². The predicted molar refractivity (Wildman–Crippen MR) is 133 cm³/mol. The summed E-state index contributed by atoms with van der Waals surface area (Å²) in [6.07, 6.45) is 3.15. The molecule has 6 rings (SSSR count). The van der Waals surface area contributed by atoms with Crippen LogP contribution in [0.25, 0.3) is 33.8 Å². The Morgan fingerprint density at radius 3 is 2.66 bits per heavy atom. The molecule has 2 fully saturated rings. The average Bonchev–Trinajstić information content (AvgIpc) is 3.61. The van der Waals surface area contributed by atoms with Crippen molar-refractivity contribution in [3.05, 3.63) is 30.3 Å². The van der Waals surface area contributed by atoms with Crippen LogP contribution in [0.1, 0.15) is 38.3 Å². The van der Waals surface area contributed by atoms with Crippen molar-refractivity contribution in [3.63, 3.8) is 0 Å². The van der Waals surface area contributed by atoms with E-state index in [-0.39, 0.29) is 11.9 Å². The molecule has 0 radical (unpaired) electrons. The highest BCUT2D eigenvalue weighted by Crippen LogP contribution is 2.39. The second kappa shape index (κ2) is 10.0. The third-order valence-corrected chi connectivity index (χ3v) is 7.27. The minimum Gasteiger partial charge on any atom is -0.393 e. The van der Waals surface area contributed by atoms with Crippen molar-refractivity contribution in [1.82, 2.24) is 34.3 Å². The van der Waals surface area contributed by atoms with Gasteiger partial charge in [0.15, 0.2) is 12.0 Å². The molecule has 6 heterocycles. The van der Waals surface area contributed by atoms with Gasteiger partial charge in [0.05, 0.1) is 29.4 Å². The first-order chi connectivity index (χ1) is 18.4. The van der Waals surface area contributed by atoms with E-state index < -0.39 is 24.9 Å². The number of aliphatic hydroxyl groups excluding tert-OH is 1. The first-order valence-electron chi connectivity index (χ1n) is 12.9. The highest BCUT2D eigenvalue weighted by molar-refractivity contribution is 5.99. The van der Waals surface area contributed by atoms with Gasteiger partial charge in [0.1, 0.15) is 29.0 Å². The molecule has 0 spiro atoms. The van der Waals surface area contributed by atoms with Gasteiger partial charge in [-0.2, -0.15) is 15.3 Å². The van der Waals surface area contributed by atoms with Gasteiger partial charge in [-0.25, -0.2) is 22.8 Å². The van der Waals surface area contributed by atoms with E-state index in [1.807, 2.05) is 4.90 Å². The average molecular weight is 531 g/mol. The van der Waals surface area contributed by atoms with Crippen LogP contribution in [-0.4, -0.2) is 71.7 Å². The smallest absolute Gasteiger partial charge is 0.257 e. The Kier molecular flexibility index (Phi) is 6.56. The van der Waals surface area contributed by atoms with E-state index in [1.54, 1.807) is 30.1 Å². The lowest BCUT2D eigenvalue weighted by atomic mass is 10.1. The van der Waals surface area contributed by atoms with Crippen molar-refractivity contribution in [2.24, 2.45) is 7.05 Å². The molecule has 38 heavy (non-hydrogen) atoms. The lowest BCUT2D eigenvalue weighted by Gasteiger charge is -2.32. The lowest BCUT2D eigenvalue weighted by Crippen LogP contribution is -2.36. The SMILES string of the molecule is Cn1ncc(F)c1-c1cc(N2CCC(O)CC2)c2c(n1)c(-c1ccnn1C1CCCCO1)nn2CC(F)F. The summed E-state index contributed by atoms with van der Waals surface area (Å²) in [6, 6.07) is 3.47. The maximum Gasteiger partial charge on any atom is 0.257 e. The largest absolute Gasteiger partial charge is 0.393 e. The van der Waals surface area contributed by atoms with Crippen LogP contribution >= 0.6 is 0 Å². The number of hydrogen-bond donors (Lipinski definition) is 1. The number of piperidine rings is 1. The van der Waals surface area contributed by atoms with Crippen LogP contribution in [0.3, 0.4) is 0 Å². The molecule has 13 heteroatoms. The van der Waals surface area contributed by atoms with Crippen LogP contribution in [0.15, 0.2) is 24.5 Å². The molecule has 1 N–H and O–H groups in total. The van der Waals surface area contributed by atoms with Gasteiger partial charge in [0, 0.05) is 32.9 Å². The van der Waals surface area contributed by atoms with E-state index in [1.165, 1.54) is 9.36 Å². The highest BCUT2D eigenvalue weighted by atomic mass is 19.3. The van der Waals surface area contributed by atoms with Crippen LogP contribution in [0.5, 0.6) is 0 Å². The number of nitrogens with zero attached hydrogens (tertiary/aromatic N) is 8. The van der Waals surface area contributed by atoms with E-state index in [2.05, 4.69) is 15.3 Å². The number of fused-ring (bicyclic) bond motifs is 1. The maximum atomic E-state index is 14.9. The summed E-state index contributed by atoms with van der Waals surface area (Å²) in [7, 11) is 1.62. The zero-order valence-corrected chi connectivity index (χ0v) is 21.0. The highest BCUT2D eigenvalue weighted by Gasteiger charge is 2.29. The summed E-state index contributed by atoms with van der Waals surface area (Å²) in [5.41, 5.74) is 2.86. The predicted octanol–water partition coefficient (Wildman–Crippen LogP) is 3.76. The Labute approximate surface area is 216 Å². The molecule has 1 atom stereocenters. The molecule has 0 aliphatic carbocycles. The maximum absolute atomic E-state index is 14.9. The van der Waals surface area contributed by atoms with E-state index in [9.17, 15) is 18.3 Å². The van der Waals surface area contributed by atoms with Gasteiger partial charge in [-0.05, 0) is 44.2 Å². The Morgan fingerprint density at radius 1 is 1.16 bits per heavy atom. The molecule has 2 aliphatic heterocycles. The number of ether oxygens (including phenoxy) is 1. The number of aromatic nitrogens is 7. The fraction of sp³-hybridized carbons (Fsp3) is 0.520. The summed E-state index contributed by atoms with van der Waals surface area (Å²) in [5.74, 6) is -0.540. The quantitative estimate of drug-likeness (QED) is 0.405. The number of pyridine rings is 1. The molecule has 0 bridgehead atoms. The number of halogens is 3. The molecule has 0 saturated carbocycles. The first-order valence-corrected chi connectivity index (χ1v) is 12.9. The van der Waals surface area contributed by atoms with Crippen LogP contribution < -0.4 is 4.90 Å². The zero-order chi connectivity index (χ0) is 26.4. The molecule has 2 saturated heterocycles. The van der Waals surface area contributed by atoms with Crippen molar-refractivity contribution in [2.75, 3.05) is 24.6 Å². The number of anilines is 1. The van der Waals surface area contributed by atoms with E-state index >= 15 is 0 Å². The van der Waals surface area contributed by atoms with Gasteiger partial charge in [-0.15, -0.1) is 0 Å². The molecule has 0 amide bonds. The molecule has 4 aromatic heterocycles. The standard InChI is InChI=1S/C25H29F3N8O2/c1-33-24(16(26)13-30-33)17-12-19(34-9-6-15(37)7-10-34)25-23(31-17)22(32-35(25)14-20(27)28)18-5-8-29-36(18)21-4-2-3-11-38-21/h5,8,12-13,15,20-21,37H,2-4,6-7,9-11,14H2,1H3. The van der Waals surface area contributed by atoms with Gasteiger partial charge in [-0.3, -0.25) is 9.36 Å². The second-order valence-electron chi connectivity index (χ2n) is 9.81. The molecular weight excluding hydrogens is 501 g/mol. The van der Waals surface area contributed by atoms with Crippen molar-refractivity contribution >= 4 is 16.7 Å². The Hall–Kier alpha value is -3.45. The van der Waals surface area contributed by atoms with Gasteiger partial charge in [0.25, 0.3) is 6.43 Å².